The van der Waals surface area contributed by atoms with Crippen molar-refractivity contribution in [3.8, 4) is 0 Å². The molecule has 5 nitrogen and oxygen atoms in total. The first-order chi connectivity index (χ1) is 9.76. The Labute approximate surface area is 130 Å². The number of halogens is 1. The minimum atomic E-state index is -0.402. The Morgan fingerprint density at radius 2 is 1.86 bits per heavy atom. The summed E-state index contributed by atoms with van der Waals surface area (Å²) in [5.74, 6) is 1.11. The summed E-state index contributed by atoms with van der Waals surface area (Å²) in [6.07, 6.45) is 4.11. The monoisotopic (exact) mass is 309 g/mol. The van der Waals surface area contributed by atoms with Crippen molar-refractivity contribution in [2.45, 2.75) is 44.4 Å². The molecule has 0 amide bonds. The lowest BCUT2D eigenvalue weighted by atomic mass is 9.99. The molecule has 1 aliphatic carbocycles. The van der Waals surface area contributed by atoms with E-state index in [1.807, 2.05) is 30.3 Å². The summed E-state index contributed by atoms with van der Waals surface area (Å²) in [6, 6.07) is 10.00. The van der Waals surface area contributed by atoms with Crippen LogP contribution in [-0.2, 0) is 23.5 Å². The van der Waals surface area contributed by atoms with Gasteiger partial charge in [-0.1, -0.05) is 48.3 Å². The molecule has 1 saturated carbocycles. The molecule has 1 fully saturated rings. The molecule has 21 heavy (non-hydrogen) atoms. The maximum absolute atomic E-state index is 6.29. The van der Waals surface area contributed by atoms with Gasteiger partial charge in [0.15, 0.2) is 5.82 Å². The Morgan fingerprint density at radius 1 is 1.14 bits per heavy atom. The number of benzene rings is 1. The highest BCUT2D eigenvalue weighted by atomic mass is 35.5. The van der Waals surface area contributed by atoms with Crippen LogP contribution in [-0.4, -0.2) is 10.1 Å². The number of nitrogens with zero attached hydrogens (tertiary/aromatic N) is 2. The molecule has 2 N–H and O–H groups in total. The number of ether oxygens (including phenoxy) is 1. The molecular weight excluding hydrogens is 290 g/mol. The van der Waals surface area contributed by atoms with Crippen LogP contribution in [0, 0.1) is 0 Å². The third kappa shape index (κ3) is 3.81. The summed E-state index contributed by atoms with van der Waals surface area (Å²) in [5, 5.41) is 4.00. The molecule has 6 heteroatoms. The first kappa shape index (κ1) is 15.9. The molecule has 0 spiro atoms. The van der Waals surface area contributed by atoms with Crippen molar-refractivity contribution in [2.24, 2.45) is 5.73 Å². The van der Waals surface area contributed by atoms with E-state index in [1.165, 1.54) is 0 Å². The number of hydrogen-bond acceptors (Lipinski definition) is 5. The van der Waals surface area contributed by atoms with E-state index in [-0.39, 0.29) is 12.4 Å². The van der Waals surface area contributed by atoms with E-state index in [4.69, 9.17) is 15.0 Å². The van der Waals surface area contributed by atoms with Crippen LogP contribution in [0.3, 0.4) is 0 Å². The fourth-order valence-corrected chi connectivity index (χ4v) is 2.58. The van der Waals surface area contributed by atoms with Crippen molar-refractivity contribution in [1.82, 2.24) is 10.1 Å². The van der Waals surface area contributed by atoms with Crippen LogP contribution in [0.1, 0.15) is 43.0 Å². The summed E-state index contributed by atoms with van der Waals surface area (Å²) in [4.78, 5) is 4.37. The standard InChI is InChI=1S/C15H19N3O2.ClH/c16-15(8-4-5-9-15)14-17-13(20-18-14)11-19-10-12-6-2-1-3-7-12;/h1-3,6-7H,4-5,8-11,16H2;1H. The van der Waals surface area contributed by atoms with Gasteiger partial charge in [-0.15, -0.1) is 12.4 Å². The zero-order chi connectivity index (χ0) is 13.8. The lowest BCUT2D eigenvalue weighted by molar-refractivity contribution is 0.0850. The Balaban J connectivity index is 0.00000161. The van der Waals surface area contributed by atoms with Crippen molar-refractivity contribution in [2.75, 3.05) is 0 Å². The average Bonchev–Trinajstić information content (AvgIpc) is 3.10. The lowest BCUT2D eigenvalue weighted by Crippen LogP contribution is -2.34. The highest BCUT2D eigenvalue weighted by Crippen LogP contribution is 2.34. The largest absolute Gasteiger partial charge is 0.367 e. The number of aromatic nitrogens is 2. The molecule has 3 rings (SSSR count). The summed E-state index contributed by atoms with van der Waals surface area (Å²) in [5.41, 5.74) is 7.01. The molecule has 0 bridgehead atoms. The molecule has 114 valence electrons. The van der Waals surface area contributed by atoms with Crippen LogP contribution in [0.5, 0.6) is 0 Å². The van der Waals surface area contributed by atoms with Crippen LogP contribution in [0.25, 0.3) is 0 Å². The first-order valence-corrected chi connectivity index (χ1v) is 7.00. The number of rotatable bonds is 5. The van der Waals surface area contributed by atoms with E-state index < -0.39 is 5.54 Å². The van der Waals surface area contributed by atoms with Gasteiger partial charge in [0, 0.05) is 0 Å². The quantitative estimate of drug-likeness (QED) is 0.919. The highest BCUT2D eigenvalue weighted by molar-refractivity contribution is 5.85. The smallest absolute Gasteiger partial charge is 0.252 e. The Bertz CT molecular complexity index is 553. The van der Waals surface area contributed by atoms with Gasteiger partial charge in [0.05, 0.1) is 12.1 Å². The molecule has 0 atom stereocenters. The lowest BCUT2D eigenvalue weighted by Gasteiger charge is -2.17. The third-order valence-corrected chi connectivity index (χ3v) is 3.75. The van der Waals surface area contributed by atoms with Crippen LogP contribution in [0.15, 0.2) is 34.9 Å². The van der Waals surface area contributed by atoms with E-state index in [2.05, 4.69) is 10.1 Å². The molecule has 0 radical (unpaired) electrons. The van der Waals surface area contributed by atoms with Crippen LogP contribution >= 0.6 is 12.4 Å². The summed E-state index contributed by atoms with van der Waals surface area (Å²) in [7, 11) is 0. The molecule has 1 aromatic carbocycles. The molecule has 1 aliphatic rings. The second kappa shape index (κ2) is 7.02. The Kier molecular flexibility index (Phi) is 5.33. The van der Waals surface area contributed by atoms with Crippen molar-refractivity contribution < 1.29 is 9.26 Å². The predicted octanol–water partition coefficient (Wildman–Crippen LogP) is 2.94. The van der Waals surface area contributed by atoms with Gasteiger partial charge >= 0.3 is 0 Å². The molecular formula is C15H20ClN3O2. The van der Waals surface area contributed by atoms with E-state index in [0.717, 1.165) is 31.2 Å². The molecule has 1 aromatic heterocycles. The van der Waals surface area contributed by atoms with E-state index in [9.17, 15) is 0 Å². The van der Waals surface area contributed by atoms with Gasteiger partial charge in [0.25, 0.3) is 5.89 Å². The van der Waals surface area contributed by atoms with Gasteiger partial charge in [0.1, 0.15) is 6.61 Å². The van der Waals surface area contributed by atoms with Crippen molar-refractivity contribution >= 4 is 12.4 Å². The van der Waals surface area contributed by atoms with E-state index in [1.54, 1.807) is 0 Å². The topological polar surface area (TPSA) is 74.2 Å². The van der Waals surface area contributed by atoms with Gasteiger partial charge in [-0.3, -0.25) is 0 Å². The zero-order valence-corrected chi connectivity index (χ0v) is 12.6. The van der Waals surface area contributed by atoms with Crippen LogP contribution in [0.4, 0.5) is 0 Å². The van der Waals surface area contributed by atoms with Gasteiger partial charge in [0.2, 0.25) is 0 Å². The van der Waals surface area contributed by atoms with Gasteiger partial charge in [-0.25, -0.2) is 0 Å². The van der Waals surface area contributed by atoms with Crippen molar-refractivity contribution in [1.29, 1.82) is 0 Å². The van der Waals surface area contributed by atoms with Gasteiger partial charge < -0.3 is 15.0 Å². The van der Waals surface area contributed by atoms with Crippen LogP contribution in [0.2, 0.25) is 0 Å². The summed E-state index contributed by atoms with van der Waals surface area (Å²) < 4.78 is 10.8. The summed E-state index contributed by atoms with van der Waals surface area (Å²) >= 11 is 0. The molecule has 1 heterocycles. The fourth-order valence-electron chi connectivity index (χ4n) is 2.58. The van der Waals surface area contributed by atoms with Crippen molar-refractivity contribution in [3.63, 3.8) is 0 Å². The predicted molar refractivity (Wildman–Crippen MR) is 80.8 cm³/mol. The maximum Gasteiger partial charge on any atom is 0.252 e. The molecule has 0 unspecified atom stereocenters. The minimum absolute atomic E-state index is 0. The Morgan fingerprint density at radius 3 is 2.57 bits per heavy atom. The third-order valence-electron chi connectivity index (χ3n) is 3.75. The van der Waals surface area contributed by atoms with Gasteiger partial charge in [-0.05, 0) is 18.4 Å². The fraction of sp³-hybridized carbons (Fsp3) is 0.467. The second-order valence-corrected chi connectivity index (χ2v) is 5.35. The highest BCUT2D eigenvalue weighted by Gasteiger charge is 2.35. The average molecular weight is 310 g/mol. The SMILES string of the molecule is Cl.NC1(c2noc(COCc3ccccc3)n2)CCCC1. The van der Waals surface area contributed by atoms with Crippen molar-refractivity contribution in [3.05, 3.63) is 47.6 Å². The minimum Gasteiger partial charge on any atom is -0.367 e. The molecule has 0 aliphatic heterocycles. The number of hydrogen-bond donors (Lipinski definition) is 1. The maximum atomic E-state index is 6.29. The summed E-state index contributed by atoms with van der Waals surface area (Å²) in [6.45, 7) is 0.851. The van der Waals surface area contributed by atoms with Gasteiger partial charge in [-0.2, -0.15) is 4.98 Å². The number of nitrogens with two attached hydrogens (primary N) is 1. The second-order valence-electron chi connectivity index (χ2n) is 5.35. The van der Waals surface area contributed by atoms with E-state index >= 15 is 0 Å². The zero-order valence-electron chi connectivity index (χ0n) is 11.8. The first-order valence-electron chi connectivity index (χ1n) is 7.00. The molecule has 2 aromatic rings. The van der Waals surface area contributed by atoms with Crippen LogP contribution < -0.4 is 5.73 Å². The Hall–Kier alpha value is -1.43. The normalized spacial score (nSPS) is 16.6. The van der Waals surface area contributed by atoms with E-state index in [0.29, 0.717) is 24.9 Å². The molecule has 0 saturated heterocycles.